The first-order valence-corrected chi connectivity index (χ1v) is 4.94. The summed E-state index contributed by atoms with van der Waals surface area (Å²) in [5.41, 5.74) is -2.53. The molecule has 3 N–H and O–H groups in total. The molecule has 0 saturated carbocycles. The van der Waals surface area contributed by atoms with Crippen molar-refractivity contribution in [2.75, 3.05) is 13.2 Å². The summed E-state index contributed by atoms with van der Waals surface area (Å²) >= 11 is 0. The van der Waals surface area contributed by atoms with Crippen LogP contribution in [0, 0.1) is 0 Å². The smallest absolute Gasteiger partial charge is 0.341 e. The van der Waals surface area contributed by atoms with Gasteiger partial charge < -0.3 is 24.8 Å². The van der Waals surface area contributed by atoms with Crippen molar-refractivity contribution in [3.8, 4) is 0 Å². The number of ether oxygens (including phenoxy) is 2. The molecule has 1 aliphatic heterocycles. The van der Waals surface area contributed by atoms with E-state index in [4.69, 9.17) is 9.84 Å². The Balaban J connectivity index is 2.69. The summed E-state index contributed by atoms with van der Waals surface area (Å²) in [5.74, 6) is -2.92. The van der Waals surface area contributed by atoms with E-state index in [1.807, 2.05) is 0 Å². The van der Waals surface area contributed by atoms with E-state index < -0.39 is 30.1 Å². The van der Waals surface area contributed by atoms with E-state index in [0.29, 0.717) is 6.61 Å². The molecule has 3 atom stereocenters. The van der Waals surface area contributed by atoms with Crippen LogP contribution in [0.5, 0.6) is 0 Å². The van der Waals surface area contributed by atoms with Crippen LogP contribution < -0.4 is 0 Å². The second-order valence-electron chi connectivity index (χ2n) is 3.71. The SMILES string of the molecule is C=CCC(O)(C(=O)OCC1CO1)C(O)C(=O)O. The van der Waals surface area contributed by atoms with Crippen molar-refractivity contribution in [3.05, 3.63) is 12.7 Å². The highest BCUT2D eigenvalue weighted by Crippen LogP contribution is 2.20. The number of aliphatic hydroxyl groups is 2. The second kappa shape index (κ2) is 5.26. The molecule has 0 aromatic carbocycles. The molecule has 0 spiro atoms. The lowest BCUT2D eigenvalue weighted by atomic mass is 9.93. The van der Waals surface area contributed by atoms with Crippen molar-refractivity contribution in [3.63, 3.8) is 0 Å². The Labute approximate surface area is 97.3 Å². The lowest BCUT2D eigenvalue weighted by Crippen LogP contribution is -2.54. The number of carboxylic acids is 1. The third-order valence-electron chi connectivity index (χ3n) is 2.30. The lowest BCUT2D eigenvalue weighted by molar-refractivity contribution is -0.187. The summed E-state index contributed by atoms with van der Waals surface area (Å²) in [4.78, 5) is 22.1. The first-order chi connectivity index (χ1) is 7.91. The first-order valence-electron chi connectivity index (χ1n) is 4.94. The summed E-state index contributed by atoms with van der Waals surface area (Å²) in [7, 11) is 0. The maximum Gasteiger partial charge on any atom is 0.341 e. The van der Waals surface area contributed by atoms with Gasteiger partial charge in [0.05, 0.1) is 6.61 Å². The summed E-state index contributed by atoms with van der Waals surface area (Å²) in [6.45, 7) is 3.66. The Morgan fingerprint density at radius 2 is 2.24 bits per heavy atom. The molecule has 3 unspecified atom stereocenters. The van der Waals surface area contributed by atoms with Gasteiger partial charge in [0.25, 0.3) is 0 Å². The number of epoxide rings is 1. The molecule has 1 rings (SSSR count). The zero-order chi connectivity index (χ0) is 13.1. The fourth-order valence-electron chi connectivity index (χ4n) is 1.19. The Hall–Kier alpha value is -1.44. The van der Waals surface area contributed by atoms with E-state index in [9.17, 15) is 19.8 Å². The third kappa shape index (κ3) is 3.26. The number of carbonyl (C=O) groups is 2. The summed E-state index contributed by atoms with van der Waals surface area (Å²) in [6.07, 6.45) is -1.78. The minimum Gasteiger partial charge on any atom is -0.479 e. The highest BCUT2D eigenvalue weighted by atomic mass is 16.6. The minimum absolute atomic E-state index is 0.0787. The molecule has 7 heteroatoms. The normalized spacial score (nSPS) is 23.3. The average molecular weight is 246 g/mol. The van der Waals surface area contributed by atoms with Crippen LogP contribution in [0.4, 0.5) is 0 Å². The van der Waals surface area contributed by atoms with E-state index in [2.05, 4.69) is 11.3 Å². The predicted molar refractivity (Wildman–Crippen MR) is 54.1 cm³/mol. The molecule has 17 heavy (non-hydrogen) atoms. The monoisotopic (exact) mass is 246 g/mol. The molecule has 0 aromatic rings. The van der Waals surface area contributed by atoms with Crippen molar-refractivity contribution in [1.82, 2.24) is 0 Å². The number of carbonyl (C=O) groups excluding carboxylic acids is 1. The zero-order valence-electron chi connectivity index (χ0n) is 9.04. The standard InChI is InChI=1S/C10H14O7/c1-2-3-10(15,7(11)8(12)13)9(14)17-5-6-4-16-6/h2,6-7,11,15H,1,3-5H2,(H,12,13). The number of hydrogen-bond donors (Lipinski definition) is 3. The summed E-state index contributed by atoms with van der Waals surface area (Å²) < 4.78 is 9.45. The van der Waals surface area contributed by atoms with Gasteiger partial charge in [0.15, 0.2) is 6.10 Å². The summed E-state index contributed by atoms with van der Waals surface area (Å²) in [6, 6.07) is 0. The van der Waals surface area contributed by atoms with Gasteiger partial charge in [-0.05, 0) is 0 Å². The Bertz CT molecular complexity index is 323. The number of aliphatic carboxylic acids is 1. The molecule has 7 nitrogen and oxygen atoms in total. The van der Waals surface area contributed by atoms with Crippen LogP contribution >= 0.6 is 0 Å². The van der Waals surface area contributed by atoms with Gasteiger partial charge in [-0.2, -0.15) is 0 Å². The molecule has 1 aliphatic rings. The zero-order valence-corrected chi connectivity index (χ0v) is 9.04. The predicted octanol–water partition coefficient (Wildman–Crippen LogP) is -1.32. The Morgan fingerprint density at radius 1 is 1.65 bits per heavy atom. The van der Waals surface area contributed by atoms with Gasteiger partial charge >= 0.3 is 11.9 Å². The van der Waals surface area contributed by atoms with E-state index >= 15 is 0 Å². The maximum atomic E-state index is 11.5. The number of rotatable bonds is 7. The fraction of sp³-hybridized carbons (Fsp3) is 0.600. The van der Waals surface area contributed by atoms with Gasteiger partial charge in [0.1, 0.15) is 12.7 Å². The molecule has 0 amide bonds. The number of aliphatic hydroxyl groups excluding tert-OH is 1. The third-order valence-corrected chi connectivity index (χ3v) is 2.30. The van der Waals surface area contributed by atoms with Crippen LogP contribution in [0.15, 0.2) is 12.7 Å². The highest BCUT2D eigenvalue weighted by molar-refractivity contribution is 5.88. The molecule has 1 fully saturated rings. The van der Waals surface area contributed by atoms with Gasteiger partial charge in [0.2, 0.25) is 5.60 Å². The fourth-order valence-corrected chi connectivity index (χ4v) is 1.19. The van der Waals surface area contributed by atoms with E-state index in [0.717, 1.165) is 6.08 Å². The van der Waals surface area contributed by atoms with E-state index in [1.54, 1.807) is 0 Å². The molecule has 1 heterocycles. The number of hydrogen-bond acceptors (Lipinski definition) is 6. The van der Waals surface area contributed by atoms with Crippen molar-refractivity contribution in [2.24, 2.45) is 0 Å². The first kappa shape index (κ1) is 13.6. The largest absolute Gasteiger partial charge is 0.479 e. The van der Waals surface area contributed by atoms with Crippen molar-refractivity contribution in [2.45, 2.75) is 24.2 Å². The van der Waals surface area contributed by atoms with Crippen molar-refractivity contribution in [1.29, 1.82) is 0 Å². The van der Waals surface area contributed by atoms with Gasteiger partial charge in [-0.1, -0.05) is 6.08 Å². The van der Waals surface area contributed by atoms with Gasteiger partial charge in [-0.15, -0.1) is 6.58 Å². The van der Waals surface area contributed by atoms with Crippen LogP contribution in [0.3, 0.4) is 0 Å². The molecule has 0 radical (unpaired) electrons. The van der Waals surface area contributed by atoms with Crippen LogP contribution in [-0.4, -0.2) is 58.3 Å². The topological polar surface area (TPSA) is 117 Å². The molecular formula is C10H14O7. The minimum atomic E-state index is -2.53. The molecule has 0 aromatic heterocycles. The summed E-state index contributed by atoms with van der Waals surface area (Å²) in [5, 5.41) is 27.7. The number of carboxylic acid groups (broad SMARTS) is 1. The van der Waals surface area contributed by atoms with Gasteiger partial charge in [-0.3, -0.25) is 0 Å². The van der Waals surface area contributed by atoms with Crippen molar-refractivity contribution < 1.29 is 34.4 Å². The second-order valence-corrected chi connectivity index (χ2v) is 3.71. The molecular weight excluding hydrogens is 232 g/mol. The van der Waals surface area contributed by atoms with Gasteiger partial charge in [-0.25, -0.2) is 9.59 Å². The van der Waals surface area contributed by atoms with Crippen LogP contribution in [0.25, 0.3) is 0 Å². The van der Waals surface area contributed by atoms with Crippen LogP contribution in [-0.2, 0) is 19.1 Å². The van der Waals surface area contributed by atoms with Crippen LogP contribution in [0.1, 0.15) is 6.42 Å². The Morgan fingerprint density at radius 3 is 2.65 bits per heavy atom. The molecule has 1 saturated heterocycles. The molecule has 96 valence electrons. The van der Waals surface area contributed by atoms with Crippen LogP contribution in [0.2, 0.25) is 0 Å². The maximum absolute atomic E-state index is 11.5. The highest BCUT2D eigenvalue weighted by Gasteiger charge is 2.48. The van der Waals surface area contributed by atoms with E-state index in [1.165, 1.54) is 0 Å². The average Bonchev–Trinajstić information content (AvgIpc) is 3.08. The molecule has 0 bridgehead atoms. The Kier molecular flexibility index (Phi) is 4.22. The lowest BCUT2D eigenvalue weighted by Gasteiger charge is -2.26. The van der Waals surface area contributed by atoms with Crippen molar-refractivity contribution >= 4 is 11.9 Å². The molecule has 0 aliphatic carbocycles. The quantitative estimate of drug-likeness (QED) is 0.290. The van der Waals surface area contributed by atoms with E-state index in [-0.39, 0.29) is 12.7 Å². The van der Waals surface area contributed by atoms with Gasteiger partial charge in [0, 0.05) is 6.42 Å². The number of esters is 1.